The highest BCUT2D eigenvalue weighted by atomic mass is 32.2. The van der Waals surface area contributed by atoms with Crippen LogP contribution in [0.4, 0.5) is 0 Å². The highest BCUT2D eigenvalue weighted by Crippen LogP contribution is 2.39. The molecule has 5 nitrogen and oxygen atoms in total. The minimum absolute atomic E-state index is 0.141. The van der Waals surface area contributed by atoms with Crippen molar-refractivity contribution in [1.82, 2.24) is 4.31 Å². The molecule has 0 aliphatic carbocycles. The molecule has 20 heavy (non-hydrogen) atoms. The molecule has 2 fully saturated rings. The number of hydrogen-bond donors (Lipinski definition) is 1. The zero-order valence-corrected chi connectivity index (χ0v) is 13.3. The first kappa shape index (κ1) is 16.2. The molecule has 0 aromatic heterocycles. The third-order valence-electron chi connectivity index (χ3n) is 5.04. The van der Waals surface area contributed by atoms with E-state index in [1.54, 1.807) is 11.2 Å². The van der Waals surface area contributed by atoms with Crippen molar-refractivity contribution in [3.05, 3.63) is 0 Å². The monoisotopic (exact) mass is 304 g/mol. The summed E-state index contributed by atoms with van der Waals surface area (Å²) in [6.07, 6.45) is 5.19. The van der Waals surface area contributed by atoms with Gasteiger partial charge in [0.2, 0.25) is 10.0 Å². The first-order valence-corrected chi connectivity index (χ1v) is 9.38. The summed E-state index contributed by atoms with van der Waals surface area (Å²) in [4.78, 5) is 0. The summed E-state index contributed by atoms with van der Waals surface area (Å²) in [5.74, 6) is 0.893. The molecular formula is C14H28N2O3S. The molecule has 0 spiro atoms. The molecule has 0 saturated carbocycles. The molecule has 2 aliphatic rings. The predicted molar refractivity (Wildman–Crippen MR) is 79.9 cm³/mol. The molecule has 0 aromatic rings. The number of sulfonamides is 1. The largest absolute Gasteiger partial charge is 0.381 e. The van der Waals surface area contributed by atoms with Crippen LogP contribution in [0.25, 0.3) is 0 Å². The standard InChI is InChI=1S/C14H28N2O3S/c1-2-20(17,18)16-7-5-14(12-15,6-8-16)11-13-3-9-19-10-4-13/h13H,2-12,15H2,1H3. The molecule has 2 N–H and O–H groups in total. The molecule has 0 aromatic carbocycles. The van der Waals surface area contributed by atoms with Crippen molar-refractivity contribution >= 4 is 10.0 Å². The van der Waals surface area contributed by atoms with Crippen molar-refractivity contribution in [2.45, 2.75) is 39.0 Å². The summed E-state index contributed by atoms with van der Waals surface area (Å²) in [7, 11) is -3.04. The van der Waals surface area contributed by atoms with Gasteiger partial charge in [0.1, 0.15) is 0 Å². The topological polar surface area (TPSA) is 72.6 Å². The molecule has 2 aliphatic heterocycles. The highest BCUT2D eigenvalue weighted by Gasteiger charge is 2.38. The third-order valence-corrected chi connectivity index (χ3v) is 6.92. The van der Waals surface area contributed by atoms with Gasteiger partial charge < -0.3 is 10.5 Å². The normalized spacial score (nSPS) is 25.7. The van der Waals surface area contributed by atoms with Crippen LogP contribution in [0.5, 0.6) is 0 Å². The summed E-state index contributed by atoms with van der Waals surface area (Å²) in [6.45, 7) is 5.38. The lowest BCUT2D eigenvalue weighted by atomic mass is 9.71. The van der Waals surface area contributed by atoms with Gasteiger partial charge in [0.25, 0.3) is 0 Å². The first-order valence-electron chi connectivity index (χ1n) is 7.77. The van der Waals surface area contributed by atoms with E-state index in [-0.39, 0.29) is 11.2 Å². The van der Waals surface area contributed by atoms with Gasteiger partial charge in [-0.3, -0.25) is 0 Å². The average molecular weight is 304 g/mol. The second-order valence-electron chi connectivity index (χ2n) is 6.26. The molecule has 2 rings (SSSR count). The maximum Gasteiger partial charge on any atom is 0.213 e. The Hall–Kier alpha value is -0.170. The molecule has 0 amide bonds. The lowest BCUT2D eigenvalue weighted by Gasteiger charge is -2.43. The van der Waals surface area contributed by atoms with Gasteiger partial charge in [-0.25, -0.2) is 12.7 Å². The van der Waals surface area contributed by atoms with E-state index in [0.29, 0.717) is 25.6 Å². The van der Waals surface area contributed by atoms with E-state index in [1.807, 2.05) is 0 Å². The first-order chi connectivity index (χ1) is 9.51. The summed E-state index contributed by atoms with van der Waals surface area (Å²) in [6, 6.07) is 0. The maximum absolute atomic E-state index is 11.9. The van der Waals surface area contributed by atoms with Crippen molar-refractivity contribution in [3.8, 4) is 0 Å². The van der Waals surface area contributed by atoms with Gasteiger partial charge in [-0.05, 0) is 56.9 Å². The van der Waals surface area contributed by atoms with Crippen LogP contribution in [0.15, 0.2) is 0 Å². The van der Waals surface area contributed by atoms with E-state index in [4.69, 9.17) is 10.5 Å². The summed E-state index contributed by atoms with van der Waals surface area (Å²) in [5, 5.41) is 0. The smallest absolute Gasteiger partial charge is 0.213 e. The Bertz CT molecular complexity index is 397. The van der Waals surface area contributed by atoms with Crippen molar-refractivity contribution in [2.24, 2.45) is 17.1 Å². The lowest BCUT2D eigenvalue weighted by molar-refractivity contribution is 0.0365. The Balaban J connectivity index is 1.93. The quantitative estimate of drug-likeness (QED) is 0.828. The van der Waals surface area contributed by atoms with Gasteiger partial charge in [0.15, 0.2) is 0 Å². The Morgan fingerprint density at radius 2 is 1.85 bits per heavy atom. The van der Waals surface area contributed by atoms with Crippen LogP contribution in [0.1, 0.15) is 39.0 Å². The zero-order valence-electron chi connectivity index (χ0n) is 12.5. The lowest BCUT2D eigenvalue weighted by Crippen LogP contribution is -2.47. The number of nitrogens with zero attached hydrogens (tertiary/aromatic N) is 1. The number of hydrogen-bond acceptors (Lipinski definition) is 4. The molecule has 6 heteroatoms. The van der Waals surface area contributed by atoms with Crippen molar-refractivity contribution < 1.29 is 13.2 Å². The van der Waals surface area contributed by atoms with Gasteiger partial charge in [0, 0.05) is 26.3 Å². The Labute approximate surface area is 122 Å². The van der Waals surface area contributed by atoms with E-state index in [0.717, 1.165) is 45.3 Å². The van der Waals surface area contributed by atoms with Crippen LogP contribution in [0.3, 0.4) is 0 Å². The van der Waals surface area contributed by atoms with Gasteiger partial charge >= 0.3 is 0 Å². The van der Waals surface area contributed by atoms with Gasteiger partial charge in [-0.1, -0.05) is 0 Å². The van der Waals surface area contributed by atoms with Crippen LogP contribution >= 0.6 is 0 Å². The Morgan fingerprint density at radius 1 is 1.25 bits per heavy atom. The summed E-state index contributed by atoms with van der Waals surface area (Å²) < 4.78 is 30.9. The predicted octanol–water partition coefficient (Wildman–Crippen LogP) is 1.19. The third kappa shape index (κ3) is 3.72. The molecular weight excluding hydrogens is 276 g/mol. The summed E-state index contributed by atoms with van der Waals surface area (Å²) in [5.41, 5.74) is 6.18. The fourth-order valence-electron chi connectivity index (χ4n) is 3.48. The fraction of sp³-hybridized carbons (Fsp3) is 1.00. The Morgan fingerprint density at radius 3 is 2.35 bits per heavy atom. The Kier molecular flexibility index (Phi) is 5.45. The van der Waals surface area contributed by atoms with Crippen LogP contribution in [-0.2, 0) is 14.8 Å². The van der Waals surface area contributed by atoms with Crippen molar-refractivity contribution in [1.29, 1.82) is 0 Å². The van der Waals surface area contributed by atoms with E-state index < -0.39 is 10.0 Å². The number of rotatable bonds is 5. The minimum atomic E-state index is -3.04. The van der Waals surface area contributed by atoms with Crippen LogP contribution < -0.4 is 5.73 Å². The van der Waals surface area contributed by atoms with E-state index >= 15 is 0 Å². The molecule has 118 valence electrons. The molecule has 0 radical (unpaired) electrons. The summed E-state index contributed by atoms with van der Waals surface area (Å²) >= 11 is 0. The number of piperidine rings is 1. The number of nitrogens with two attached hydrogens (primary N) is 1. The van der Waals surface area contributed by atoms with Gasteiger partial charge in [0.05, 0.1) is 5.75 Å². The molecule has 2 saturated heterocycles. The fourth-order valence-corrected chi connectivity index (χ4v) is 4.58. The average Bonchev–Trinajstić information content (AvgIpc) is 2.49. The second kappa shape index (κ2) is 6.73. The number of ether oxygens (including phenoxy) is 1. The van der Waals surface area contributed by atoms with Crippen LogP contribution in [-0.4, -0.2) is 51.3 Å². The van der Waals surface area contributed by atoms with E-state index in [9.17, 15) is 8.42 Å². The van der Waals surface area contributed by atoms with Crippen LogP contribution in [0, 0.1) is 11.3 Å². The zero-order chi connectivity index (χ0) is 14.6. The minimum Gasteiger partial charge on any atom is -0.381 e. The maximum atomic E-state index is 11.9. The molecule has 0 unspecified atom stereocenters. The van der Waals surface area contributed by atoms with E-state index in [1.165, 1.54) is 0 Å². The van der Waals surface area contributed by atoms with Gasteiger partial charge in [-0.15, -0.1) is 0 Å². The second-order valence-corrected chi connectivity index (χ2v) is 8.52. The van der Waals surface area contributed by atoms with Crippen molar-refractivity contribution in [3.63, 3.8) is 0 Å². The van der Waals surface area contributed by atoms with Gasteiger partial charge in [-0.2, -0.15) is 0 Å². The molecule has 0 atom stereocenters. The van der Waals surface area contributed by atoms with Crippen LogP contribution in [0.2, 0.25) is 0 Å². The highest BCUT2D eigenvalue weighted by molar-refractivity contribution is 7.89. The molecule has 0 bridgehead atoms. The van der Waals surface area contributed by atoms with E-state index in [2.05, 4.69) is 0 Å². The van der Waals surface area contributed by atoms with Crippen molar-refractivity contribution in [2.75, 3.05) is 38.6 Å². The SMILES string of the molecule is CCS(=O)(=O)N1CCC(CN)(CC2CCOCC2)CC1. The molecule has 2 heterocycles.